The standard InChI is InChI=1S/C15H20N2O2/c1-2-19-13-5-3-11(4-6-13)15(18)17-8-7-12-9-16-10-14(12)17/h3-6,12,14,16H,2,7-10H2,1H3/t12-,14+/m0/s1. The molecule has 1 aromatic rings. The van der Waals surface area contributed by atoms with Crippen LogP contribution in [0.1, 0.15) is 23.7 Å². The minimum absolute atomic E-state index is 0.152. The van der Waals surface area contributed by atoms with E-state index in [0.29, 0.717) is 18.6 Å². The topological polar surface area (TPSA) is 41.6 Å². The molecule has 2 atom stereocenters. The van der Waals surface area contributed by atoms with Gasteiger partial charge in [-0.05, 0) is 43.5 Å². The molecule has 1 amide bonds. The van der Waals surface area contributed by atoms with E-state index in [9.17, 15) is 4.79 Å². The quantitative estimate of drug-likeness (QED) is 0.896. The maximum Gasteiger partial charge on any atom is 0.254 e. The molecule has 4 nitrogen and oxygen atoms in total. The molecule has 1 N–H and O–H groups in total. The van der Waals surface area contributed by atoms with Crippen molar-refractivity contribution in [3.05, 3.63) is 29.8 Å². The predicted molar refractivity (Wildman–Crippen MR) is 73.4 cm³/mol. The molecule has 4 heteroatoms. The first-order valence-electron chi connectivity index (χ1n) is 7.04. The molecule has 0 unspecified atom stereocenters. The van der Waals surface area contributed by atoms with Gasteiger partial charge in [0.25, 0.3) is 5.91 Å². The van der Waals surface area contributed by atoms with Crippen LogP contribution in [0.15, 0.2) is 24.3 Å². The van der Waals surface area contributed by atoms with E-state index in [1.54, 1.807) is 0 Å². The Balaban J connectivity index is 1.73. The number of carbonyl (C=O) groups is 1. The molecule has 2 aliphatic rings. The third-order valence-corrected chi connectivity index (χ3v) is 4.12. The maximum atomic E-state index is 12.5. The number of carbonyl (C=O) groups excluding carboxylic acids is 1. The molecule has 3 rings (SSSR count). The number of amides is 1. The second kappa shape index (κ2) is 5.21. The molecule has 0 spiro atoms. The Labute approximate surface area is 113 Å². The number of fused-ring (bicyclic) bond motifs is 1. The second-order valence-corrected chi connectivity index (χ2v) is 5.23. The van der Waals surface area contributed by atoms with Gasteiger partial charge in [0.05, 0.1) is 6.61 Å². The Morgan fingerprint density at radius 1 is 1.37 bits per heavy atom. The van der Waals surface area contributed by atoms with Gasteiger partial charge in [-0.1, -0.05) is 0 Å². The zero-order valence-corrected chi connectivity index (χ0v) is 11.3. The van der Waals surface area contributed by atoms with Crippen LogP contribution in [0.25, 0.3) is 0 Å². The summed E-state index contributed by atoms with van der Waals surface area (Å²) in [4.78, 5) is 14.5. The Bertz CT molecular complexity index is 458. The molecule has 0 aromatic heterocycles. The van der Waals surface area contributed by atoms with E-state index in [4.69, 9.17) is 4.74 Å². The van der Waals surface area contributed by atoms with E-state index in [1.165, 1.54) is 0 Å². The smallest absolute Gasteiger partial charge is 0.254 e. The van der Waals surface area contributed by atoms with Crippen LogP contribution >= 0.6 is 0 Å². The predicted octanol–water partition coefficient (Wildman–Crippen LogP) is 1.52. The molecule has 102 valence electrons. The highest BCUT2D eigenvalue weighted by molar-refractivity contribution is 5.94. The average molecular weight is 260 g/mol. The van der Waals surface area contributed by atoms with Crippen molar-refractivity contribution in [3.63, 3.8) is 0 Å². The average Bonchev–Trinajstić information content (AvgIpc) is 3.01. The first-order chi connectivity index (χ1) is 9.29. The molecular weight excluding hydrogens is 240 g/mol. The van der Waals surface area contributed by atoms with Crippen molar-refractivity contribution in [2.45, 2.75) is 19.4 Å². The molecule has 0 radical (unpaired) electrons. The molecule has 0 aliphatic carbocycles. The van der Waals surface area contributed by atoms with Crippen LogP contribution in [0.4, 0.5) is 0 Å². The second-order valence-electron chi connectivity index (χ2n) is 5.23. The van der Waals surface area contributed by atoms with Gasteiger partial charge in [-0.3, -0.25) is 4.79 Å². The number of nitrogens with one attached hydrogen (secondary N) is 1. The highest BCUT2D eigenvalue weighted by Gasteiger charge is 2.39. The summed E-state index contributed by atoms with van der Waals surface area (Å²) in [6.07, 6.45) is 1.13. The number of hydrogen-bond acceptors (Lipinski definition) is 3. The van der Waals surface area contributed by atoms with Crippen LogP contribution in [0.5, 0.6) is 5.75 Å². The SMILES string of the molecule is CCOc1ccc(C(=O)N2CC[C@H]3CNC[C@H]32)cc1. The van der Waals surface area contributed by atoms with Crippen molar-refractivity contribution in [3.8, 4) is 5.75 Å². The van der Waals surface area contributed by atoms with Gasteiger partial charge in [-0.2, -0.15) is 0 Å². The van der Waals surface area contributed by atoms with Gasteiger partial charge in [-0.25, -0.2) is 0 Å². The lowest BCUT2D eigenvalue weighted by Crippen LogP contribution is -2.39. The monoisotopic (exact) mass is 260 g/mol. The van der Waals surface area contributed by atoms with Crippen LogP contribution in [-0.2, 0) is 0 Å². The van der Waals surface area contributed by atoms with Crippen molar-refractivity contribution in [1.82, 2.24) is 10.2 Å². The first kappa shape index (κ1) is 12.5. The summed E-state index contributed by atoms with van der Waals surface area (Å²) in [5, 5.41) is 3.37. The fourth-order valence-corrected chi connectivity index (χ4v) is 3.13. The van der Waals surface area contributed by atoms with Crippen LogP contribution in [0, 0.1) is 5.92 Å². The number of nitrogens with zero attached hydrogens (tertiary/aromatic N) is 1. The summed E-state index contributed by atoms with van der Waals surface area (Å²) in [7, 11) is 0. The van der Waals surface area contributed by atoms with Crippen molar-refractivity contribution < 1.29 is 9.53 Å². The fourth-order valence-electron chi connectivity index (χ4n) is 3.13. The summed E-state index contributed by atoms with van der Waals surface area (Å²) >= 11 is 0. The molecule has 2 fully saturated rings. The molecular formula is C15H20N2O2. The highest BCUT2D eigenvalue weighted by Crippen LogP contribution is 2.28. The van der Waals surface area contributed by atoms with Gasteiger partial charge in [0.1, 0.15) is 5.75 Å². The number of hydrogen-bond donors (Lipinski definition) is 1. The van der Waals surface area contributed by atoms with Gasteiger partial charge in [0.2, 0.25) is 0 Å². The minimum Gasteiger partial charge on any atom is -0.494 e. The van der Waals surface area contributed by atoms with E-state index in [2.05, 4.69) is 5.32 Å². The number of benzene rings is 1. The van der Waals surface area contributed by atoms with Gasteiger partial charge in [-0.15, -0.1) is 0 Å². The van der Waals surface area contributed by atoms with Crippen LogP contribution in [0.2, 0.25) is 0 Å². The summed E-state index contributed by atoms with van der Waals surface area (Å²) in [6.45, 7) is 5.49. The van der Waals surface area contributed by atoms with Gasteiger partial charge >= 0.3 is 0 Å². The molecule has 0 saturated carbocycles. The molecule has 1 aromatic carbocycles. The number of likely N-dealkylation sites (tertiary alicyclic amines) is 1. The Hall–Kier alpha value is -1.55. The van der Waals surface area contributed by atoms with E-state index < -0.39 is 0 Å². The molecule has 19 heavy (non-hydrogen) atoms. The largest absolute Gasteiger partial charge is 0.494 e. The van der Waals surface area contributed by atoms with Gasteiger partial charge in [0, 0.05) is 31.2 Å². The van der Waals surface area contributed by atoms with Crippen molar-refractivity contribution in [1.29, 1.82) is 0 Å². The van der Waals surface area contributed by atoms with Crippen molar-refractivity contribution in [2.24, 2.45) is 5.92 Å². The highest BCUT2D eigenvalue weighted by atomic mass is 16.5. The third-order valence-electron chi connectivity index (χ3n) is 4.12. The number of ether oxygens (including phenoxy) is 1. The lowest BCUT2D eigenvalue weighted by molar-refractivity contribution is 0.0737. The summed E-state index contributed by atoms with van der Waals surface area (Å²) in [5.74, 6) is 1.62. The van der Waals surface area contributed by atoms with Crippen molar-refractivity contribution in [2.75, 3.05) is 26.2 Å². The van der Waals surface area contributed by atoms with E-state index in [0.717, 1.165) is 37.4 Å². The zero-order valence-electron chi connectivity index (χ0n) is 11.3. The molecule has 0 bridgehead atoms. The lowest BCUT2D eigenvalue weighted by Gasteiger charge is -2.23. The zero-order chi connectivity index (χ0) is 13.2. The maximum absolute atomic E-state index is 12.5. The normalized spacial score (nSPS) is 25.4. The fraction of sp³-hybridized carbons (Fsp3) is 0.533. The van der Waals surface area contributed by atoms with Gasteiger partial charge < -0.3 is 15.0 Å². The molecule has 2 aliphatic heterocycles. The molecule has 2 heterocycles. The van der Waals surface area contributed by atoms with Crippen molar-refractivity contribution >= 4 is 5.91 Å². The number of rotatable bonds is 3. The first-order valence-corrected chi connectivity index (χ1v) is 7.04. The minimum atomic E-state index is 0.152. The summed E-state index contributed by atoms with van der Waals surface area (Å²) in [5.41, 5.74) is 0.760. The van der Waals surface area contributed by atoms with E-state index in [-0.39, 0.29) is 5.91 Å². The van der Waals surface area contributed by atoms with E-state index >= 15 is 0 Å². The Kier molecular flexibility index (Phi) is 3.42. The van der Waals surface area contributed by atoms with Crippen LogP contribution < -0.4 is 10.1 Å². The Morgan fingerprint density at radius 2 is 2.16 bits per heavy atom. The van der Waals surface area contributed by atoms with Crippen LogP contribution in [-0.4, -0.2) is 43.1 Å². The van der Waals surface area contributed by atoms with Crippen LogP contribution in [0.3, 0.4) is 0 Å². The Morgan fingerprint density at radius 3 is 2.89 bits per heavy atom. The molecule has 2 saturated heterocycles. The summed E-state index contributed by atoms with van der Waals surface area (Å²) < 4.78 is 5.40. The third kappa shape index (κ3) is 2.32. The van der Waals surface area contributed by atoms with Gasteiger partial charge in [0.15, 0.2) is 0 Å². The van der Waals surface area contributed by atoms with E-state index in [1.807, 2.05) is 36.1 Å². The summed E-state index contributed by atoms with van der Waals surface area (Å²) in [6, 6.07) is 7.86. The lowest BCUT2D eigenvalue weighted by atomic mass is 10.0.